The molecule has 0 amide bonds. The molecule has 17 heavy (non-hydrogen) atoms. The van der Waals surface area contributed by atoms with Crippen LogP contribution >= 0.6 is 11.3 Å². The SMILES string of the molecule is CC(CS(C)=O)NCc1csc(C(C)(C)C)n1. The largest absolute Gasteiger partial charge is 0.308 e. The Labute approximate surface area is 111 Å². The number of hydrogen-bond acceptors (Lipinski definition) is 4. The molecule has 0 radical (unpaired) electrons. The number of rotatable bonds is 5. The molecule has 0 aliphatic rings. The minimum atomic E-state index is -0.743. The van der Waals surface area contributed by atoms with Crippen LogP contribution in [0, 0.1) is 0 Å². The molecule has 0 saturated carbocycles. The second-order valence-electron chi connectivity index (χ2n) is 5.42. The predicted octanol–water partition coefficient (Wildman–Crippen LogP) is 2.30. The molecule has 0 aliphatic heterocycles. The summed E-state index contributed by atoms with van der Waals surface area (Å²) in [6, 6.07) is 0.264. The minimum Gasteiger partial charge on any atom is -0.308 e. The number of nitrogens with zero attached hydrogens (tertiary/aromatic N) is 1. The van der Waals surface area contributed by atoms with Crippen LogP contribution in [0.25, 0.3) is 0 Å². The van der Waals surface area contributed by atoms with Crippen LogP contribution in [0.5, 0.6) is 0 Å². The fourth-order valence-corrected chi connectivity index (χ4v) is 3.15. The highest BCUT2D eigenvalue weighted by atomic mass is 32.2. The van der Waals surface area contributed by atoms with E-state index in [2.05, 4.69) is 43.4 Å². The fraction of sp³-hybridized carbons (Fsp3) is 0.750. The Morgan fingerprint density at radius 3 is 2.65 bits per heavy atom. The fourth-order valence-electron chi connectivity index (χ4n) is 1.42. The summed E-state index contributed by atoms with van der Waals surface area (Å²) in [4.78, 5) is 4.61. The van der Waals surface area contributed by atoms with Crippen LogP contribution in [0.3, 0.4) is 0 Å². The first kappa shape index (κ1) is 14.8. The highest BCUT2D eigenvalue weighted by molar-refractivity contribution is 7.84. The van der Waals surface area contributed by atoms with E-state index in [0.717, 1.165) is 12.2 Å². The highest BCUT2D eigenvalue weighted by Crippen LogP contribution is 2.25. The zero-order chi connectivity index (χ0) is 13.1. The van der Waals surface area contributed by atoms with Crippen LogP contribution in [-0.4, -0.2) is 27.2 Å². The van der Waals surface area contributed by atoms with E-state index in [0.29, 0.717) is 5.75 Å². The molecular formula is C12H22N2OS2. The Kier molecular flexibility index (Phi) is 5.28. The lowest BCUT2D eigenvalue weighted by Crippen LogP contribution is -2.30. The van der Waals surface area contributed by atoms with Gasteiger partial charge in [0.1, 0.15) is 0 Å². The van der Waals surface area contributed by atoms with Gasteiger partial charge in [0.15, 0.2) is 0 Å². The van der Waals surface area contributed by atoms with Crippen LogP contribution < -0.4 is 5.32 Å². The lowest BCUT2D eigenvalue weighted by atomic mass is 9.98. The van der Waals surface area contributed by atoms with Gasteiger partial charge in [0.25, 0.3) is 0 Å². The summed E-state index contributed by atoms with van der Waals surface area (Å²) in [7, 11) is -0.743. The Balaban J connectivity index is 2.48. The molecule has 1 N–H and O–H groups in total. The quantitative estimate of drug-likeness (QED) is 0.896. The summed E-state index contributed by atoms with van der Waals surface area (Å²) in [5.74, 6) is 0.691. The summed E-state index contributed by atoms with van der Waals surface area (Å²) in [5.41, 5.74) is 1.20. The number of hydrogen-bond donors (Lipinski definition) is 1. The van der Waals surface area contributed by atoms with E-state index in [4.69, 9.17) is 0 Å². The molecule has 1 rings (SSSR count). The van der Waals surface area contributed by atoms with Gasteiger partial charge in [-0.3, -0.25) is 4.21 Å². The van der Waals surface area contributed by atoms with E-state index in [-0.39, 0.29) is 11.5 Å². The third-order valence-electron chi connectivity index (χ3n) is 2.31. The third-order valence-corrected chi connectivity index (χ3v) is 4.60. The molecule has 0 aliphatic carbocycles. The Bertz CT molecular complexity index is 382. The number of thiazole rings is 1. The van der Waals surface area contributed by atoms with Gasteiger partial charge in [-0.05, 0) is 6.92 Å². The van der Waals surface area contributed by atoms with Gasteiger partial charge in [0.05, 0.1) is 10.7 Å². The average Bonchev–Trinajstić information content (AvgIpc) is 2.61. The molecular weight excluding hydrogens is 252 g/mol. The standard InChI is InChI=1S/C12H22N2OS2/c1-9(8-17(5)15)13-6-10-7-16-11(14-10)12(2,3)4/h7,9,13H,6,8H2,1-5H3. The molecule has 1 aromatic heterocycles. The van der Waals surface area contributed by atoms with Crippen LogP contribution in [-0.2, 0) is 22.8 Å². The lowest BCUT2D eigenvalue weighted by Gasteiger charge is -2.14. The molecule has 98 valence electrons. The maximum atomic E-state index is 11.1. The highest BCUT2D eigenvalue weighted by Gasteiger charge is 2.17. The van der Waals surface area contributed by atoms with E-state index in [1.807, 2.05) is 0 Å². The maximum absolute atomic E-state index is 11.1. The molecule has 0 bridgehead atoms. The topological polar surface area (TPSA) is 42.0 Å². The Hall–Kier alpha value is -0.260. The van der Waals surface area contributed by atoms with Crippen molar-refractivity contribution in [2.24, 2.45) is 0 Å². The lowest BCUT2D eigenvalue weighted by molar-refractivity contribution is 0.564. The first-order valence-corrected chi connectivity index (χ1v) is 8.38. The summed E-state index contributed by atoms with van der Waals surface area (Å²) in [6.45, 7) is 9.33. The van der Waals surface area contributed by atoms with Crippen molar-refractivity contribution in [1.29, 1.82) is 0 Å². The second kappa shape index (κ2) is 6.07. The van der Waals surface area contributed by atoms with Gasteiger partial charge in [-0.2, -0.15) is 0 Å². The van der Waals surface area contributed by atoms with Crippen molar-refractivity contribution in [2.75, 3.05) is 12.0 Å². The van der Waals surface area contributed by atoms with Crippen molar-refractivity contribution in [3.63, 3.8) is 0 Å². The van der Waals surface area contributed by atoms with Crippen molar-refractivity contribution < 1.29 is 4.21 Å². The molecule has 5 heteroatoms. The van der Waals surface area contributed by atoms with Gasteiger partial charge in [-0.15, -0.1) is 11.3 Å². The first-order chi connectivity index (χ1) is 7.79. The second-order valence-corrected chi connectivity index (χ2v) is 7.75. The van der Waals surface area contributed by atoms with Crippen molar-refractivity contribution in [3.05, 3.63) is 16.1 Å². The maximum Gasteiger partial charge on any atom is 0.0982 e. The van der Waals surface area contributed by atoms with E-state index in [9.17, 15) is 4.21 Å². The normalized spacial score (nSPS) is 15.8. The van der Waals surface area contributed by atoms with E-state index in [1.54, 1.807) is 17.6 Å². The predicted molar refractivity (Wildman–Crippen MR) is 76.0 cm³/mol. The van der Waals surface area contributed by atoms with Crippen molar-refractivity contribution in [1.82, 2.24) is 10.3 Å². The number of nitrogens with one attached hydrogen (secondary N) is 1. The molecule has 2 atom stereocenters. The smallest absolute Gasteiger partial charge is 0.0982 e. The van der Waals surface area contributed by atoms with Crippen molar-refractivity contribution >= 4 is 22.1 Å². The van der Waals surface area contributed by atoms with Gasteiger partial charge >= 0.3 is 0 Å². The molecule has 0 saturated heterocycles. The third kappa shape index (κ3) is 5.27. The monoisotopic (exact) mass is 274 g/mol. The van der Waals surface area contributed by atoms with Gasteiger partial charge in [0, 0.05) is 46.2 Å². The van der Waals surface area contributed by atoms with Crippen LogP contribution in [0.4, 0.5) is 0 Å². The van der Waals surface area contributed by atoms with Crippen molar-refractivity contribution in [2.45, 2.75) is 45.7 Å². The molecule has 3 nitrogen and oxygen atoms in total. The van der Waals surface area contributed by atoms with Crippen LogP contribution in [0.2, 0.25) is 0 Å². The molecule has 1 aromatic rings. The minimum absolute atomic E-state index is 0.124. The summed E-state index contributed by atoms with van der Waals surface area (Å²) >= 11 is 1.71. The van der Waals surface area contributed by atoms with Crippen LogP contribution in [0.1, 0.15) is 38.4 Å². The first-order valence-electron chi connectivity index (χ1n) is 5.77. The van der Waals surface area contributed by atoms with E-state index < -0.39 is 10.8 Å². The molecule has 0 spiro atoms. The Morgan fingerprint density at radius 2 is 2.18 bits per heavy atom. The summed E-state index contributed by atoms with van der Waals surface area (Å²) in [5, 5.41) is 6.61. The van der Waals surface area contributed by atoms with Gasteiger partial charge in [0.2, 0.25) is 0 Å². The molecule has 2 unspecified atom stereocenters. The van der Waals surface area contributed by atoms with Gasteiger partial charge in [-0.1, -0.05) is 20.8 Å². The zero-order valence-corrected chi connectivity index (χ0v) is 12.9. The van der Waals surface area contributed by atoms with Crippen molar-refractivity contribution in [3.8, 4) is 0 Å². The van der Waals surface area contributed by atoms with E-state index >= 15 is 0 Å². The molecule has 0 aromatic carbocycles. The van der Waals surface area contributed by atoms with Crippen LogP contribution in [0.15, 0.2) is 5.38 Å². The average molecular weight is 274 g/mol. The van der Waals surface area contributed by atoms with Gasteiger partial charge < -0.3 is 5.32 Å². The van der Waals surface area contributed by atoms with Gasteiger partial charge in [-0.25, -0.2) is 4.98 Å². The van der Waals surface area contributed by atoms with E-state index in [1.165, 1.54) is 5.01 Å². The number of aromatic nitrogens is 1. The zero-order valence-electron chi connectivity index (χ0n) is 11.2. The summed E-state index contributed by atoms with van der Waals surface area (Å²) < 4.78 is 11.1. The molecule has 1 heterocycles. The Morgan fingerprint density at radius 1 is 1.53 bits per heavy atom. The molecule has 0 fully saturated rings. The summed E-state index contributed by atoms with van der Waals surface area (Å²) in [6.07, 6.45) is 1.73.